The SMILES string of the molecule is COc1cc(OC)c(C(=O)[O][Sn]([c]2ccccc2)([c]2ccccc2)[c]2ccccc2)cc1OC. The van der Waals surface area contributed by atoms with Crippen LogP contribution in [0.3, 0.4) is 0 Å². The summed E-state index contributed by atoms with van der Waals surface area (Å²) in [4.78, 5) is 13.9. The molecule has 34 heavy (non-hydrogen) atoms. The number of methoxy groups -OCH3 is 3. The number of benzene rings is 4. The second-order valence-electron chi connectivity index (χ2n) is 7.58. The average molecular weight is 561 g/mol. The van der Waals surface area contributed by atoms with E-state index in [-0.39, 0.29) is 5.56 Å². The predicted octanol–water partition coefficient (Wildman–Crippen LogP) is 3.54. The molecule has 0 radical (unpaired) electrons. The average Bonchev–Trinajstić information content (AvgIpc) is 2.92. The molecule has 0 aliphatic heterocycles. The van der Waals surface area contributed by atoms with E-state index in [9.17, 15) is 4.79 Å². The molecule has 0 unspecified atom stereocenters. The van der Waals surface area contributed by atoms with E-state index in [2.05, 4.69) is 36.4 Å². The molecule has 6 heteroatoms. The number of carbonyl (C=O) groups excluding carboxylic acids is 1. The first-order chi connectivity index (χ1) is 16.6. The summed E-state index contributed by atoms with van der Waals surface area (Å²) in [6.07, 6.45) is 0. The van der Waals surface area contributed by atoms with Crippen molar-refractivity contribution < 1.29 is 22.1 Å². The molecule has 0 N–H and O–H groups in total. The Hall–Kier alpha value is -3.45. The number of carbonyl (C=O) groups is 1. The van der Waals surface area contributed by atoms with E-state index in [1.165, 1.54) is 21.3 Å². The topological polar surface area (TPSA) is 54.0 Å². The summed E-state index contributed by atoms with van der Waals surface area (Å²) in [6.45, 7) is 0. The summed E-state index contributed by atoms with van der Waals surface area (Å²) < 4.78 is 26.1. The van der Waals surface area contributed by atoms with E-state index >= 15 is 0 Å². The van der Waals surface area contributed by atoms with Crippen molar-refractivity contribution in [2.24, 2.45) is 0 Å². The minimum atomic E-state index is -4.27. The quantitative estimate of drug-likeness (QED) is 0.309. The molecule has 0 saturated heterocycles. The third-order valence-electron chi connectivity index (χ3n) is 5.71. The van der Waals surface area contributed by atoms with Crippen molar-refractivity contribution in [3.8, 4) is 17.2 Å². The van der Waals surface area contributed by atoms with Crippen molar-refractivity contribution >= 4 is 35.5 Å². The molecule has 4 rings (SSSR count). The Morgan fingerprint density at radius 2 is 0.941 bits per heavy atom. The fourth-order valence-electron chi connectivity index (χ4n) is 4.08. The Balaban J connectivity index is 1.94. The first-order valence-electron chi connectivity index (χ1n) is 10.8. The van der Waals surface area contributed by atoms with E-state index < -0.39 is 24.8 Å². The molecule has 5 nitrogen and oxygen atoms in total. The molecule has 0 heterocycles. The Morgan fingerprint density at radius 1 is 0.559 bits per heavy atom. The molecule has 0 fully saturated rings. The monoisotopic (exact) mass is 562 g/mol. The third-order valence-corrected chi connectivity index (χ3v) is 16.9. The number of hydrogen-bond donors (Lipinski definition) is 0. The van der Waals surface area contributed by atoms with Gasteiger partial charge in [0.1, 0.15) is 0 Å². The van der Waals surface area contributed by atoms with Gasteiger partial charge in [0.05, 0.1) is 0 Å². The van der Waals surface area contributed by atoms with Crippen molar-refractivity contribution in [1.82, 2.24) is 0 Å². The third kappa shape index (κ3) is 4.48. The van der Waals surface area contributed by atoms with Gasteiger partial charge in [-0.05, 0) is 0 Å². The number of ether oxygens (including phenoxy) is 3. The van der Waals surface area contributed by atoms with Crippen molar-refractivity contribution in [3.05, 3.63) is 109 Å². The van der Waals surface area contributed by atoms with Crippen LogP contribution in [0.2, 0.25) is 0 Å². The molecule has 0 amide bonds. The molecule has 0 aliphatic carbocycles. The van der Waals surface area contributed by atoms with E-state index in [1.54, 1.807) is 12.1 Å². The first-order valence-corrected chi connectivity index (χ1v) is 16.3. The molecule has 4 aromatic rings. The van der Waals surface area contributed by atoms with Crippen LogP contribution in [-0.4, -0.2) is 46.1 Å². The summed E-state index contributed by atoms with van der Waals surface area (Å²) in [5.74, 6) is 0.789. The Labute approximate surface area is 204 Å². The van der Waals surface area contributed by atoms with Crippen LogP contribution in [0.4, 0.5) is 0 Å². The maximum atomic E-state index is 13.9. The molecule has 0 aliphatic rings. The zero-order valence-electron chi connectivity index (χ0n) is 19.4. The molecule has 4 aromatic carbocycles. The standard InChI is InChI=1S/C10H12O5.3C6H5.Sn/c1-13-7-5-9(15-3)8(14-2)4-6(7)10(11)12;3*1-2-4-6-5-3-1;/h4-5H,1-3H3,(H,11,12);3*1-5H;/q;;;;+1/p-1. The van der Waals surface area contributed by atoms with Gasteiger partial charge in [-0.1, -0.05) is 0 Å². The van der Waals surface area contributed by atoms with E-state index in [4.69, 9.17) is 17.3 Å². The zero-order valence-corrected chi connectivity index (χ0v) is 22.2. The molecular weight excluding hydrogens is 535 g/mol. The first kappa shape index (κ1) is 23.7. The summed E-state index contributed by atoms with van der Waals surface area (Å²) in [6, 6.07) is 33.4. The van der Waals surface area contributed by atoms with E-state index in [0.29, 0.717) is 17.2 Å². The van der Waals surface area contributed by atoms with Gasteiger partial charge in [0.15, 0.2) is 0 Å². The summed E-state index contributed by atoms with van der Waals surface area (Å²) in [5.41, 5.74) is 0.281. The molecule has 0 bridgehead atoms. The van der Waals surface area contributed by atoms with Crippen LogP contribution in [-0.2, 0) is 3.07 Å². The van der Waals surface area contributed by atoms with Crippen LogP contribution in [0.5, 0.6) is 17.2 Å². The van der Waals surface area contributed by atoms with Crippen LogP contribution < -0.4 is 24.9 Å². The van der Waals surface area contributed by atoms with E-state index in [1.807, 2.05) is 54.6 Å². The zero-order chi connectivity index (χ0) is 24.0. The van der Waals surface area contributed by atoms with Gasteiger partial charge in [-0.2, -0.15) is 0 Å². The van der Waals surface area contributed by atoms with Gasteiger partial charge in [-0.15, -0.1) is 0 Å². The Kier molecular flexibility index (Phi) is 7.42. The molecule has 0 saturated carbocycles. The minimum absolute atomic E-state index is 0.281. The summed E-state index contributed by atoms with van der Waals surface area (Å²) >= 11 is -4.27. The van der Waals surface area contributed by atoms with Gasteiger partial charge in [0.2, 0.25) is 0 Å². The summed E-state index contributed by atoms with van der Waals surface area (Å²) in [7, 11) is 4.58. The van der Waals surface area contributed by atoms with Crippen molar-refractivity contribution in [2.75, 3.05) is 21.3 Å². The second kappa shape index (κ2) is 10.7. The van der Waals surface area contributed by atoms with Gasteiger partial charge in [-0.3, -0.25) is 0 Å². The van der Waals surface area contributed by atoms with Crippen LogP contribution >= 0.6 is 0 Å². The maximum absolute atomic E-state index is 13.9. The fraction of sp³-hybridized carbons (Fsp3) is 0.107. The molecule has 0 atom stereocenters. The predicted molar refractivity (Wildman–Crippen MR) is 135 cm³/mol. The van der Waals surface area contributed by atoms with Crippen LogP contribution in [0.25, 0.3) is 0 Å². The van der Waals surface area contributed by atoms with Crippen molar-refractivity contribution in [2.45, 2.75) is 0 Å². The van der Waals surface area contributed by atoms with Gasteiger partial charge in [0.25, 0.3) is 0 Å². The van der Waals surface area contributed by atoms with Gasteiger partial charge < -0.3 is 0 Å². The van der Waals surface area contributed by atoms with Gasteiger partial charge >= 0.3 is 205 Å². The fourth-order valence-corrected chi connectivity index (χ4v) is 14.7. The normalized spacial score (nSPS) is 10.9. The van der Waals surface area contributed by atoms with Crippen molar-refractivity contribution in [1.29, 1.82) is 0 Å². The van der Waals surface area contributed by atoms with Crippen LogP contribution in [0, 0.1) is 0 Å². The summed E-state index contributed by atoms with van der Waals surface area (Å²) in [5, 5.41) is 0. The molecule has 0 aromatic heterocycles. The Morgan fingerprint density at radius 3 is 1.32 bits per heavy atom. The second-order valence-corrected chi connectivity index (χ2v) is 17.0. The van der Waals surface area contributed by atoms with Crippen LogP contribution in [0.15, 0.2) is 103 Å². The van der Waals surface area contributed by atoms with Crippen LogP contribution in [0.1, 0.15) is 10.4 Å². The molecule has 0 spiro atoms. The van der Waals surface area contributed by atoms with Gasteiger partial charge in [0, 0.05) is 0 Å². The number of hydrogen-bond acceptors (Lipinski definition) is 5. The van der Waals surface area contributed by atoms with Gasteiger partial charge in [-0.25, -0.2) is 0 Å². The van der Waals surface area contributed by atoms with E-state index in [0.717, 1.165) is 10.7 Å². The Bertz CT molecular complexity index is 1150. The molecule has 172 valence electrons. The number of rotatable bonds is 8. The van der Waals surface area contributed by atoms with Crippen molar-refractivity contribution in [3.63, 3.8) is 0 Å². The molecular formula is C28H26O5Sn.